The lowest BCUT2D eigenvalue weighted by Crippen LogP contribution is -2.25. The zero-order valence-corrected chi connectivity index (χ0v) is 12.4. The van der Waals surface area contributed by atoms with Crippen LogP contribution in [0.25, 0.3) is 0 Å². The number of nitrogens with one attached hydrogen (secondary N) is 2. The van der Waals surface area contributed by atoms with Crippen molar-refractivity contribution in [1.82, 2.24) is 14.9 Å². The van der Waals surface area contributed by atoms with Crippen LogP contribution < -0.4 is 4.72 Å². The minimum absolute atomic E-state index is 0.168. The molecule has 110 valence electrons. The number of sulfonamides is 1. The van der Waals surface area contributed by atoms with E-state index in [9.17, 15) is 8.42 Å². The molecule has 0 radical (unpaired) electrons. The molecule has 0 bridgehead atoms. The highest BCUT2D eigenvalue weighted by Gasteiger charge is 2.13. The Bertz CT molecular complexity index is 742. The molecular weight excluding hydrogens is 288 g/mol. The van der Waals surface area contributed by atoms with Gasteiger partial charge >= 0.3 is 0 Å². The highest BCUT2D eigenvalue weighted by atomic mass is 32.2. The van der Waals surface area contributed by atoms with Crippen molar-refractivity contribution in [2.45, 2.75) is 24.7 Å². The first-order valence-corrected chi connectivity index (χ1v) is 8.00. The maximum Gasteiger partial charge on any atom is 0.240 e. The van der Waals surface area contributed by atoms with E-state index in [2.05, 4.69) is 14.9 Å². The van der Waals surface area contributed by atoms with Gasteiger partial charge in [0.05, 0.1) is 22.7 Å². The van der Waals surface area contributed by atoms with Crippen LogP contribution in [-0.4, -0.2) is 25.2 Å². The molecule has 2 N–H and O–H groups in total. The second-order valence-electron chi connectivity index (χ2n) is 4.66. The first-order chi connectivity index (χ1) is 10.0. The molecule has 0 fully saturated rings. The smallest absolute Gasteiger partial charge is 0.240 e. The van der Waals surface area contributed by atoms with E-state index in [0.29, 0.717) is 18.5 Å². The van der Waals surface area contributed by atoms with Crippen LogP contribution >= 0.6 is 0 Å². The molecule has 2 rings (SSSR count). The monoisotopic (exact) mass is 304 g/mol. The van der Waals surface area contributed by atoms with Crippen molar-refractivity contribution >= 4 is 10.0 Å². The third kappa shape index (κ3) is 3.90. The van der Waals surface area contributed by atoms with Gasteiger partial charge in [-0.05, 0) is 49.6 Å². The van der Waals surface area contributed by atoms with E-state index in [0.717, 1.165) is 17.7 Å². The van der Waals surface area contributed by atoms with Gasteiger partial charge < -0.3 is 0 Å². The SMILES string of the molecule is Cc1[nH]ncc1CCCNS(=O)(=O)c1ccc(C#N)cc1. The van der Waals surface area contributed by atoms with E-state index in [1.165, 1.54) is 24.3 Å². The van der Waals surface area contributed by atoms with Gasteiger partial charge in [0.1, 0.15) is 0 Å². The van der Waals surface area contributed by atoms with E-state index >= 15 is 0 Å². The summed E-state index contributed by atoms with van der Waals surface area (Å²) in [6, 6.07) is 7.80. The largest absolute Gasteiger partial charge is 0.283 e. The predicted molar refractivity (Wildman–Crippen MR) is 78.0 cm³/mol. The molecule has 1 aromatic carbocycles. The average Bonchev–Trinajstić information content (AvgIpc) is 2.89. The van der Waals surface area contributed by atoms with Crippen LogP contribution in [0.15, 0.2) is 35.4 Å². The molecule has 7 heteroatoms. The molecule has 6 nitrogen and oxygen atoms in total. The van der Waals surface area contributed by atoms with E-state index in [1.54, 1.807) is 6.20 Å². The van der Waals surface area contributed by atoms with Crippen molar-refractivity contribution in [3.63, 3.8) is 0 Å². The average molecular weight is 304 g/mol. The van der Waals surface area contributed by atoms with Crippen LogP contribution in [0.3, 0.4) is 0 Å². The molecule has 0 amide bonds. The Morgan fingerprint density at radius 3 is 2.62 bits per heavy atom. The molecule has 0 saturated carbocycles. The molecule has 0 atom stereocenters. The number of nitrogens with zero attached hydrogens (tertiary/aromatic N) is 2. The number of H-pyrrole nitrogens is 1. The number of aromatic amines is 1. The summed E-state index contributed by atoms with van der Waals surface area (Å²) in [5, 5.41) is 15.5. The fraction of sp³-hybridized carbons (Fsp3) is 0.286. The summed E-state index contributed by atoms with van der Waals surface area (Å²) in [6.45, 7) is 2.29. The van der Waals surface area contributed by atoms with Gasteiger partial charge in [-0.25, -0.2) is 13.1 Å². The van der Waals surface area contributed by atoms with Crippen molar-refractivity contribution in [1.29, 1.82) is 5.26 Å². The number of aryl methyl sites for hydroxylation is 2. The Morgan fingerprint density at radius 2 is 2.05 bits per heavy atom. The van der Waals surface area contributed by atoms with Crippen LogP contribution in [0.4, 0.5) is 0 Å². The lowest BCUT2D eigenvalue weighted by atomic mass is 10.1. The first kappa shape index (κ1) is 15.2. The highest BCUT2D eigenvalue weighted by molar-refractivity contribution is 7.89. The Kier molecular flexibility index (Phi) is 4.73. The minimum atomic E-state index is -3.52. The van der Waals surface area contributed by atoms with E-state index < -0.39 is 10.0 Å². The van der Waals surface area contributed by atoms with Crippen molar-refractivity contribution in [3.05, 3.63) is 47.3 Å². The van der Waals surface area contributed by atoms with Crippen molar-refractivity contribution in [2.24, 2.45) is 0 Å². The lowest BCUT2D eigenvalue weighted by molar-refractivity contribution is 0.579. The van der Waals surface area contributed by atoms with E-state index in [4.69, 9.17) is 5.26 Å². The molecule has 0 aliphatic heterocycles. The zero-order valence-electron chi connectivity index (χ0n) is 11.6. The third-order valence-electron chi connectivity index (χ3n) is 3.14. The van der Waals surface area contributed by atoms with Gasteiger partial charge in [-0.3, -0.25) is 5.10 Å². The van der Waals surface area contributed by atoms with Gasteiger partial charge in [-0.2, -0.15) is 10.4 Å². The third-order valence-corrected chi connectivity index (χ3v) is 4.62. The summed E-state index contributed by atoms with van der Waals surface area (Å²) < 4.78 is 26.6. The molecule has 0 spiro atoms. The quantitative estimate of drug-likeness (QED) is 0.790. The number of hydrogen-bond donors (Lipinski definition) is 2. The molecule has 2 aromatic rings. The highest BCUT2D eigenvalue weighted by Crippen LogP contribution is 2.10. The van der Waals surface area contributed by atoms with Gasteiger partial charge in [-0.1, -0.05) is 0 Å². The molecule has 0 aliphatic carbocycles. The molecule has 1 aromatic heterocycles. The normalized spacial score (nSPS) is 11.2. The summed E-state index contributed by atoms with van der Waals surface area (Å²) in [7, 11) is -3.52. The zero-order chi connectivity index (χ0) is 15.3. The number of aromatic nitrogens is 2. The van der Waals surface area contributed by atoms with Gasteiger partial charge in [0.2, 0.25) is 10.0 Å². The Hall–Kier alpha value is -2.17. The number of rotatable bonds is 6. The molecule has 21 heavy (non-hydrogen) atoms. The summed E-state index contributed by atoms with van der Waals surface area (Å²) in [5.74, 6) is 0. The maximum atomic E-state index is 12.0. The van der Waals surface area contributed by atoms with Crippen LogP contribution in [0.5, 0.6) is 0 Å². The van der Waals surface area contributed by atoms with Crippen molar-refractivity contribution < 1.29 is 8.42 Å². The predicted octanol–water partition coefficient (Wildman–Crippen LogP) is 1.50. The number of hydrogen-bond acceptors (Lipinski definition) is 4. The molecular formula is C14H16N4O2S. The van der Waals surface area contributed by atoms with Crippen LogP contribution in [-0.2, 0) is 16.4 Å². The second-order valence-corrected chi connectivity index (χ2v) is 6.42. The maximum absolute atomic E-state index is 12.0. The van der Waals surface area contributed by atoms with Gasteiger partial charge in [0, 0.05) is 12.2 Å². The molecule has 0 unspecified atom stereocenters. The fourth-order valence-electron chi connectivity index (χ4n) is 1.91. The van der Waals surface area contributed by atoms with Crippen molar-refractivity contribution in [3.8, 4) is 6.07 Å². The standard InChI is InChI=1S/C14H16N4O2S/c1-11-13(10-16-18-11)3-2-8-17-21(19,20)14-6-4-12(9-15)5-7-14/h4-7,10,17H,2-3,8H2,1H3,(H,16,18). The summed E-state index contributed by atoms with van der Waals surface area (Å²) in [6.07, 6.45) is 3.21. The number of nitriles is 1. The molecule has 0 saturated heterocycles. The molecule has 0 aliphatic rings. The van der Waals surface area contributed by atoms with Gasteiger partial charge in [0.15, 0.2) is 0 Å². The van der Waals surface area contributed by atoms with Gasteiger partial charge in [0.25, 0.3) is 0 Å². The fourth-order valence-corrected chi connectivity index (χ4v) is 2.98. The summed E-state index contributed by atoms with van der Waals surface area (Å²) >= 11 is 0. The Balaban J connectivity index is 1.89. The van der Waals surface area contributed by atoms with E-state index in [1.807, 2.05) is 13.0 Å². The summed E-state index contributed by atoms with van der Waals surface area (Å²) in [5.41, 5.74) is 2.53. The Morgan fingerprint density at radius 1 is 1.33 bits per heavy atom. The lowest BCUT2D eigenvalue weighted by Gasteiger charge is -2.06. The van der Waals surface area contributed by atoms with Crippen LogP contribution in [0, 0.1) is 18.3 Å². The minimum Gasteiger partial charge on any atom is -0.283 e. The van der Waals surface area contributed by atoms with E-state index in [-0.39, 0.29) is 4.90 Å². The summed E-state index contributed by atoms with van der Waals surface area (Å²) in [4.78, 5) is 0.168. The Labute approximate surface area is 123 Å². The first-order valence-electron chi connectivity index (χ1n) is 6.51. The van der Waals surface area contributed by atoms with Crippen LogP contribution in [0.1, 0.15) is 23.2 Å². The second kappa shape index (κ2) is 6.52. The van der Waals surface area contributed by atoms with Crippen molar-refractivity contribution in [2.75, 3.05) is 6.54 Å². The molecule has 1 heterocycles. The number of benzene rings is 1. The van der Waals surface area contributed by atoms with Gasteiger partial charge in [-0.15, -0.1) is 0 Å². The topological polar surface area (TPSA) is 98.6 Å². The van der Waals surface area contributed by atoms with Crippen LogP contribution in [0.2, 0.25) is 0 Å².